The summed E-state index contributed by atoms with van der Waals surface area (Å²) in [5, 5.41) is 0.218. The SMILES string of the molecule is COc1ccc(C(=O)OC(C)(C)C)c(N)c1Cl. The first-order valence-corrected chi connectivity index (χ1v) is 5.49. The topological polar surface area (TPSA) is 61.5 Å². The lowest BCUT2D eigenvalue weighted by Gasteiger charge is -2.20. The Bertz CT molecular complexity index is 438. The molecule has 0 atom stereocenters. The van der Waals surface area contributed by atoms with Crippen molar-refractivity contribution < 1.29 is 14.3 Å². The molecule has 0 bridgehead atoms. The largest absolute Gasteiger partial charge is 0.495 e. The van der Waals surface area contributed by atoms with Gasteiger partial charge in [0.2, 0.25) is 0 Å². The number of esters is 1. The molecule has 0 heterocycles. The average molecular weight is 258 g/mol. The van der Waals surface area contributed by atoms with E-state index in [2.05, 4.69) is 0 Å². The standard InChI is InChI=1S/C12H16ClNO3/c1-12(2,3)17-11(15)7-5-6-8(16-4)9(13)10(7)14/h5-6H,14H2,1-4H3. The number of methoxy groups -OCH3 is 1. The first-order valence-electron chi connectivity index (χ1n) is 5.11. The van der Waals surface area contributed by atoms with Gasteiger partial charge >= 0.3 is 5.97 Å². The minimum atomic E-state index is -0.573. The van der Waals surface area contributed by atoms with Crippen molar-refractivity contribution in [2.24, 2.45) is 0 Å². The third kappa shape index (κ3) is 3.27. The lowest BCUT2D eigenvalue weighted by molar-refractivity contribution is 0.00708. The van der Waals surface area contributed by atoms with Crippen molar-refractivity contribution in [1.82, 2.24) is 0 Å². The number of hydrogen-bond donors (Lipinski definition) is 1. The highest BCUT2D eigenvalue weighted by Gasteiger charge is 2.21. The Morgan fingerprint density at radius 2 is 1.94 bits per heavy atom. The van der Waals surface area contributed by atoms with Gasteiger partial charge < -0.3 is 15.2 Å². The quantitative estimate of drug-likeness (QED) is 0.654. The molecule has 0 amide bonds. The van der Waals surface area contributed by atoms with E-state index in [4.69, 9.17) is 26.8 Å². The zero-order chi connectivity index (χ0) is 13.2. The van der Waals surface area contributed by atoms with Gasteiger partial charge in [0.1, 0.15) is 16.4 Å². The molecule has 0 saturated heterocycles. The lowest BCUT2D eigenvalue weighted by Crippen LogP contribution is -2.24. The van der Waals surface area contributed by atoms with Crippen molar-refractivity contribution in [3.05, 3.63) is 22.7 Å². The zero-order valence-corrected chi connectivity index (χ0v) is 11.1. The van der Waals surface area contributed by atoms with Crippen LogP contribution >= 0.6 is 11.6 Å². The number of benzene rings is 1. The van der Waals surface area contributed by atoms with Crippen LogP contribution in [0.25, 0.3) is 0 Å². The number of hydrogen-bond acceptors (Lipinski definition) is 4. The molecule has 0 aliphatic carbocycles. The highest BCUT2D eigenvalue weighted by atomic mass is 35.5. The molecule has 4 nitrogen and oxygen atoms in total. The second kappa shape index (κ2) is 4.84. The summed E-state index contributed by atoms with van der Waals surface area (Å²) in [5.74, 6) is -0.0731. The summed E-state index contributed by atoms with van der Waals surface area (Å²) in [6.45, 7) is 5.35. The Hall–Kier alpha value is -1.42. The molecule has 5 heteroatoms. The van der Waals surface area contributed by atoms with Crippen LogP contribution in [-0.2, 0) is 4.74 Å². The van der Waals surface area contributed by atoms with E-state index in [1.165, 1.54) is 13.2 Å². The number of nitrogen functional groups attached to an aromatic ring is 1. The van der Waals surface area contributed by atoms with Crippen LogP contribution in [0, 0.1) is 0 Å². The molecule has 0 aliphatic rings. The van der Waals surface area contributed by atoms with E-state index in [1.54, 1.807) is 26.8 Å². The first kappa shape index (κ1) is 13.6. The van der Waals surface area contributed by atoms with Crippen LogP contribution in [0.15, 0.2) is 12.1 Å². The zero-order valence-electron chi connectivity index (χ0n) is 10.3. The fourth-order valence-electron chi connectivity index (χ4n) is 1.24. The van der Waals surface area contributed by atoms with Crippen molar-refractivity contribution >= 4 is 23.3 Å². The van der Waals surface area contributed by atoms with E-state index in [0.29, 0.717) is 5.75 Å². The lowest BCUT2D eigenvalue weighted by atomic mass is 10.1. The van der Waals surface area contributed by atoms with Crippen molar-refractivity contribution in [2.45, 2.75) is 26.4 Å². The maximum atomic E-state index is 11.8. The molecule has 1 aromatic rings. The molecule has 1 aromatic carbocycles. The van der Waals surface area contributed by atoms with Crippen LogP contribution in [0.4, 0.5) is 5.69 Å². The third-order valence-electron chi connectivity index (χ3n) is 1.98. The van der Waals surface area contributed by atoms with Crippen molar-refractivity contribution in [2.75, 3.05) is 12.8 Å². The molecule has 17 heavy (non-hydrogen) atoms. The Kier molecular flexibility index (Phi) is 3.88. The van der Waals surface area contributed by atoms with Crippen LogP contribution < -0.4 is 10.5 Å². The molecule has 0 aliphatic heterocycles. The van der Waals surface area contributed by atoms with E-state index in [1.807, 2.05) is 0 Å². The highest BCUT2D eigenvalue weighted by molar-refractivity contribution is 6.35. The number of ether oxygens (including phenoxy) is 2. The molecule has 1 rings (SSSR count). The second-order valence-corrected chi connectivity index (χ2v) is 4.92. The summed E-state index contributed by atoms with van der Waals surface area (Å²) in [5.41, 5.74) is 5.60. The molecular formula is C12H16ClNO3. The van der Waals surface area contributed by atoms with Crippen LogP contribution in [0.3, 0.4) is 0 Å². The smallest absolute Gasteiger partial charge is 0.340 e. The number of carbonyl (C=O) groups excluding carboxylic acids is 1. The Morgan fingerprint density at radius 1 is 1.35 bits per heavy atom. The summed E-state index contributed by atoms with van der Waals surface area (Å²) in [6.07, 6.45) is 0. The van der Waals surface area contributed by atoms with Gasteiger partial charge in [-0.05, 0) is 32.9 Å². The molecule has 94 valence electrons. The van der Waals surface area contributed by atoms with Crippen molar-refractivity contribution in [1.29, 1.82) is 0 Å². The monoisotopic (exact) mass is 257 g/mol. The van der Waals surface area contributed by atoms with Gasteiger partial charge in [-0.25, -0.2) is 4.79 Å². The molecule has 0 spiro atoms. The number of anilines is 1. The predicted molar refractivity (Wildman–Crippen MR) is 67.6 cm³/mol. The van der Waals surface area contributed by atoms with Crippen LogP contribution in [-0.4, -0.2) is 18.7 Å². The maximum absolute atomic E-state index is 11.8. The van der Waals surface area contributed by atoms with Crippen LogP contribution in [0.1, 0.15) is 31.1 Å². The summed E-state index contributed by atoms with van der Waals surface area (Å²) < 4.78 is 10.2. The molecule has 2 N–H and O–H groups in total. The van der Waals surface area contributed by atoms with E-state index in [-0.39, 0.29) is 16.3 Å². The summed E-state index contributed by atoms with van der Waals surface area (Å²) in [7, 11) is 1.48. The van der Waals surface area contributed by atoms with Gasteiger partial charge in [-0.2, -0.15) is 0 Å². The number of nitrogens with two attached hydrogens (primary N) is 1. The van der Waals surface area contributed by atoms with E-state index >= 15 is 0 Å². The summed E-state index contributed by atoms with van der Waals surface area (Å²) in [4.78, 5) is 11.8. The molecule has 0 fully saturated rings. The predicted octanol–water partition coefficient (Wildman–Crippen LogP) is 2.89. The number of halogens is 1. The molecule has 0 saturated carbocycles. The fourth-order valence-corrected chi connectivity index (χ4v) is 1.48. The van der Waals surface area contributed by atoms with Gasteiger partial charge in [-0.3, -0.25) is 0 Å². The normalized spacial score (nSPS) is 11.1. The Morgan fingerprint density at radius 3 is 2.41 bits per heavy atom. The van der Waals surface area contributed by atoms with Gasteiger partial charge in [-0.1, -0.05) is 11.6 Å². The van der Waals surface area contributed by atoms with E-state index in [0.717, 1.165) is 0 Å². The molecule has 0 unspecified atom stereocenters. The molecule has 0 radical (unpaired) electrons. The molecule has 0 aromatic heterocycles. The second-order valence-electron chi connectivity index (χ2n) is 4.54. The average Bonchev–Trinajstić information content (AvgIpc) is 2.19. The third-order valence-corrected chi connectivity index (χ3v) is 2.37. The van der Waals surface area contributed by atoms with Gasteiger partial charge in [0.05, 0.1) is 18.4 Å². The number of rotatable bonds is 2. The van der Waals surface area contributed by atoms with Crippen molar-refractivity contribution in [3.63, 3.8) is 0 Å². The van der Waals surface area contributed by atoms with Crippen LogP contribution in [0.2, 0.25) is 5.02 Å². The summed E-state index contributed by atoms with van der Waals surface area (Å²) in [6, 6.07) is 3.12. The molecular weight excluding hydrogens is 242 g/mol. The Balaban J connectivity index is 3.08. The van der Waals surface area contributed by atoms with Crippen LogP contribution in [0.5, 0.6) is 5.75 Å². The Labute approximate surface area is 106 Å². The van der Waals surface area contributed by atoms with E-state index < -0.39 is 11.6 Å². The number of carbonyl (C=O) groups is 1. The highest BCUT2D eigenvalue weighted by Crippen LogP contribution is 2.33. The first-order chi connectivity index (χ1) is 7.76. The van der Waals surface area contributed by atoms with Gasteiger partial charge in [-0.15, -0.1) is 0 Å². The van der Waals surface area contributed by atoms with Gasteiger partial charge in [0.25, 0.3) is 0 Å². The van der Waals surface area contributed by atoms with Crippen molar-refractivity contribution in [3.8, 4) is 5.75 Å². The summed E-state index contributed by atoms with van der Waals surface area (Å²) >= 11 is 5.96. The van der Waals surface area contributed by atoms with Gasteiger partial charge in [0.15, 0.2) is 0 Å². The fraction of sp³-hybridized carbons (Fsp3) is 0.417. The van der Waals surface area contributed by atoms with Gasteiger partial charge in [0, 0.05) is 0 Å². The van der Waals surface area contributed by atoms with E-state index in [9.17, 15) is 4.79 Å². The minimum Gasteiger partial charge on any atom is -0.495 e. The maximum Gasteiger partial charge on any atom is 0.340 e. The minimum absolute atomic E-state index is 0.167.